The number of nitrogens with zero attached hydrogens (tertiary/aromatic N) is 1. The Balaban J connectivity index is 3.14. The van der Waals surface area contributed by atoms with Gasteiger partial charge in [-0.15, -0.1) is 0 Å². The molecule has 0 aliphatic rings. The second-order valence-corrected chi connectivity index (χ2v) is 7.41. The van der Waals surface area contributed by atoms with Crippen molar-refractivity contribution in [2.45, 2.75) is 38.1 Å². The van der Waals surface area contributed by atoms with Crippen LogP contribution >= 0.6 is 0 Å². The van der Waals surface area contributed by atoms with Crippen molar-refractivity contribution < 1.29 is 17.9 Å². The van der Waals surface area contributed by atoms with E-state index in [1.165, 1.54) is 29.6 Å². The van der Waals surface area contributed by atoms with Crippen molar-refractivity contribution in [1.29, 1.82) is 0 Å². The van der Waals surface area contributed by atoms with Gasteiger partial charge in [0.25, 0.3) is 5.91 Å². The fourth-order valence-corrected chi connectivity index (χ4v) is 3.73. The highest BCUT2D eigenvalue weighted by Gasteiger charge is 2.24. The molecule has 1 rings (SSSR count). The van der Waals surface area contributed by atoms with Crippen LogP contribution in [0.1, 0.15) is 37.6 Å². The van der Waals surface area contributed by atoms with Gasteiger partial charge in [-0.2, -0.15) is 4.31 Å². The minimum Gasteiger partial charge on any atom is -0.496 e. The molecule has 136 valence electrons. The van der Waals surface area contributed by atoms with E-state index in [0.717, 1.165) is 0 Å². The average molecular weight is 357 g/mol. The van der Waals surface area contributed by atoms with Gasteiger partial charge in [0.1, 0.15) is 5.75 Å². The Morgan fingerprint density at radius 3 is 2.46 bits per heavy atom. The predicted molar refractivity (Wildman–Crippen MR) is 93.7 cm³/mol. The summed E-state index contributed by atoms with van der Waals surface area (Å²) in [6.07, 6.45) is 0.630. The van der Waals surface area contributed by atoms with Gasteiger partial charge in [-0.3, -0.25) is 4.79 Å². The van der Waals surface area contributed by atoms with E-state index < -0.39 is 10.0 Å². The highest BCUT2D eigenvalue weighted by molar-refractivity contribution is 7.89. The average Bonchev–Trinajstić information content (AvgIpc) is 2.54. The number of nitrogens with two attached hydrogens (primary N) is 1. The van der Waals surface area contributed by atoms with Crippen LogP contribution < -0.4 is 15.8 Å². The van der Waals surface area contributed by atoms with Crippen LogP contribution in [0.3, 0.4) is 0 Å². The van der Waals surface area contributed by atoms with E-state index in [1.807, 2.05) is 6.92 Å². The Hall–Kier alpha value is -1.64. The lowest BCUT2D eigenvalue weighted by Gasteiger charge is -2.19. The normalized spacial score (nSPS) is 12.9. The van der Waals surface area contributed by atoms with Gasteiger partial charge in [-0.05, 0) is 31.5 Å². The summed E-state index contributed by atoms with van der Waals surface area (Å²) in [7, 11) is -2.20. The minimum atomic E-state index is -3.64. The molecule has 3 N–H and O–H groups in total. The zero-order valence-corrected chi connectivity index (χ0v) is 15.5. The number of ether oxygens (including phenoxy) is 1. The Morgan fingerprint density at radius 1 is 1.33 bits per heavy atom. The third-order valence-electron chi connectivity index (χ3n) is 3.64. The molecule has 0 fully saturated rings. The van der Waals surface area contributed by atoms with Gasteiger partial charge < -0.3 is 15.8 Å². The molecular formula is C16H27N3O4S. The zero-order chi connectivity index (χ0) is 18.3. The van der Waals surface area contributed by atoms with Crippen molar-refractivity contribution in [1.82, 2.24) is 9.62 Å². The first-order valence-corrected chi connectivity index (χ1v) is 9.43. The molecule has 0 aliphatic heterocycles. The van der Waals surface area contributed by atoms with E-state index in [0.29, 0.717) is 31.8 Å². The number of carbonyl (C=O) groups is 1. The fourth-order valence-electron chi connectivity index (χ4n) is 2.25. The molecule has 1 amide bonds. The van der Waals surface area contributed by atoms with Crippen LogP contribution in [0.2, 0.25) is 0 Å². The summed E-state index contributed by atoms with van der Waals surface area (Å²) in [5.41, 5.74) is 5.85. The smallest absolute Gasteiger partial charge is 0.255 e. The number of benzene rings is 1. The monoisotopic (exact) mass is 357 g/mol. The fraction of sp³-hybridized carbons (Fsp3) is 0.562. The largest absolute Gasteiger partial charge is 0.496 e. The molecule has 1 atom stereocenters. The number of rotatable bonds is 9. The summed E-state index contributed by atoms with van der Waals surface area (Å²) in [5.74, 6) is -0.0594. The Bertz CT molecular complexity index is 655. The van der Waals surface area contributed by atoms with Crippen molar-refractivity contribution in [2.75, 3.05) is 26.7 Å². The zero-order valence-electron chi connectivity index (χ0n) is 14.7. The molecule has 7 nitrogen and oxygen atoms in total. The maximum absolute atomic E-state index is 12.6. The van der Waals surface area contributed by atoms with Crippen molar-refractivity contribution in [3.63, 3.8) is 0 Å². The SMILES string of the molecule is CCN(CC)S(=O)(=O)c1ccc(OC)c(C(=O)NCCC(C)N)c1. The molecule has 1 unspecified atom stereocenters. The Kier molecular flexibility index (Phi) is 7.65. The topological polar surface area (TPSA) is 102 Å². The first kappa shape index (κ1) is 20.4. The number of sulfonamides is 1. The van der Waals surface area contributed by atoms with E-state index in [-0.39, 0.29) is 22.4 Å². The van der Waals surface area contributed by atoms with Crippen LogP contribution in [0.4, 0.5) is 0 Å². The molecule has 0 saturated heterocycles. The molecule has 0 spiro atoms. The molecule has 0 aliphatic carbocycles. The van der Waals surface area contributed by atoms with E-state index in [2.05, 4.69) is 5.32 Å². The van der Waals surface area contributed by atoms with Crippen molar-refractivity contribution in [2.24, 2.45) is 5.73 Å². The minimum absolute atomic E-state index is 0.0263. The molecule has 0 aromatic heterocycles. The second-order valence-electron chi connectivity index (χ2n) is 5.47. The molecule has 1 aromatic rings. The van der Waals surface area contributed by atoms with Crippen molar-refractivity contribution in [3.8, 4) is 5.75 Å². The molecular weight excluding hydrogens is 330 g/mol. The predicted octanol–water partition coefficient (Wildman–Crippen LogP) is 1.19. The van der Waals surface area contributed by atoms with Gasteiger partial charge in [0.05, 0.1) is 17.6 Å². The van der Waals surface area contributed by atoms with Crippen molar-refractivity contribution in [3.05, 3.63) is 23.8 Å². The second kappa shape index (κ2) is 9.00. The van der Waals surface area contributed by atoms with Crippen LogP contribution in [0.25, 0.3) is 0 Å². The number of methoxy groups -OCH3 is 1. The summed E-state index contributed by atoms with van der Waals surface area (Å²) in [6, 6.07) is 4.28. The van der Waals surface area contributed by atoms with Crippen LogP contribution in [0.15, 0.2) is 23.1 Å². The van der Waals surface area contributed by atoms with Crippen LogP contribution in [-0.4, -0.2) is 51.4 Å². The van der Waals surface area contributed by atoms with Gasteiger partial charge >= 0.3 is 0 Å². The lowest BCUT2D eigenvalue weighted by molar-refractivity contribution is 0.0949. The number of nitrogens with one attached hydrogen (secondary N) is 1. The number of amides is 1. The molecule has 8 heteroatoms. The lowest BCUT2D eigenvalue weighted by atomic mass is 10.2. The van der Waals surface area contributed by atoms with Crippen molar-refractivity contribution >= 4 is 15.9 Å². The van der Waals surface area contributed by atoms with Gasteiger partial charge in [0.15, 0.2) is 0 Å². The summed E-state index contributed by atoms with van der Waals surface area (Å²) in [6.45, 7) is 6.52. The standard InChI is InChI=1S/C16H27N3O4S/c1-5-19(6-2)24(21,22)13-7-8-15(23-4)14(11-13)16(20)18-10-9-12(3)17/h7-8,11-12H,5-6,9-10,17H2,1-4H3,(H,18,20). The highest BCUT2D eigenvalue weighted by Crippen LogP contribution is 2.24. The molecule has 24 heavy (non-hydrogen) atoms. The van der Waals surface area contributed by atoms with Crippen LogP contribution in [-0.2, 0) is 10.0 Å². The lowest BCUT2D eigenvalue weighted by Crippen LogP contribution is -2.31. The third-order valence-corrected chi connectivity index (χ3v) is 5.69. The van der Waals surface area contributed by atoms with E-state index in [4.69, 9.17) is 10.5 Å². The van der Waals surface area contributed by atoms with Gasteiger partial charge in [0.2, 0.25) is 10.0 Å². The van der Waals surface area contributed by atoms with Crippen LogP contribution in [0.5, 0.6) is 5.75 Å². The maximum Gasteiger partial charge on any atom is 0.255 e. The van der Waals surface area contributed by atoms with Gasteiger partial charge in [-0.1, -0.05) is 13.8 Å². The molecule has 0 heterocycles. The highest BCUT2D eigenvalue weighted by atomic mass is 32.2. The van der Waals surface area contributed by atoms with E-state index >= 15 is 0 Å². The first-order valence-electron chi connectivity index (χ1n) is 7.99. The third kappa shape index (κ3) is 4.93. The Morgan fingerprint density at radius 2 is 1.96 bits per heavy atom. The number of hydrogen-bond acceptors (Lipinski definition) is 5. The molecule has 1 aromatic carbocycles. The van der Waals surface area contributed by atoms with E-state index in [9.17, 15) is 13.2 Å². The molecule has 0 bridgehead atoms. The first-order chi connectivity index (χ1) is 11.3. The molecule has 0 saturated carbocycles. The number of carbonyl (C=O) groups excluding carboxylic acids is 1. The summed E-state index contributed by atoms with van der Waals surface area (Å²) in [4.78, 5) is 12.4. The molecule has 0 radical (unpaired) electrons. The summed E-state index contributed by atoms with van der Waals surface area (Å²) >= 11 is 0. The summed E-state index contributed by atoms with van der Waals surface area (Å²) < 4.78 is 31.7. The van der Waals surface area contributed by atoms with Gasteiger partial charge in [-0.25, -0.2) is 8.42 Å². The summed E-state index contributed by atoms with van der Waals surface area (Å²) in [5, 5.41) is 2.73. The number of hydrogen-bond donors (Lipinski definition) is 2. The van der Waals surface area contributed by atoms with E-state index in [1.54, 1.807) is 13.8 Å². The quantitative estimate of drug-likeness (QED) is 0.691. The van der Waals surface area contributed by atoms with Gasteiger partial charge in [0, 0.05) is 25.7 Å². The Labute approximate surface area is 144 Å². The van der Waals surface area contributed by atoms with Crippen LogP contribution in [0, 0.1) is 0 Å². The maximum atomic E-state index is 12.6.